The molecule has 0 bridgehead atoms. The van der Waals surface area contributed by atoms with Gasteiger partial charge in [0.05, 0.1) is 0 Å². The normalized spacial score (nSPS) is 10.8. The van der Waals surface area contributed by atoms with Crippen molar-refractivity contribution in [3.63, 3.8) is 0 Å². The van der Waals surface area contributed by atoms with Crippen molar-refractivity contribution in [1.82, 2.24) is 0 Å². The fourth-order valence-electron chi connectivity index (χ4n) is 2.49. The highest BCUT2D eigenvalue weighted by Gasteiger charge is 1.97. The minimum atomic E-state index is 0.514. The summed E-state index contributed by atoms with van der Waals surface area (Å²) in [7, 11) is 0. The Kier molecular flexibility index (Phi) is 16.7. The molecule has 0 fully saturated rings. The van der Waals surface area contributed by atoms with Crippen LogP contribution in [0.3, 0.4) is 0 Å². The Morgan fingerprint density at radius 3 is 1.40 bits per heavy atom. The minimum absolute atomic E-state index is 0.514. The van der Waals surface area contributed by atoms with Gasteiger partial charge in [-0.25, -0.2) is 0 Å². The van der Waals surface area contributed by atoms with Crippen LogP contribution >= 0.6 is 11.8 Å². The van der Waals surface area contributed by atoms with Crippen molar-refractivity contribution in [2.75, 3.05) is 5.75 Å². The van der Waals surface area contributed by atoms with Crippen molar-refractivity contribution < 1.29 is 5.41 Å². The highest BCUT2D eigenvalue weighted by atomic mass is 32.2. The van der Waals surface area contributed by atoms with Crippen LogP contribution in [0, 0.1) is 0 Å². The van der Waals surface area contributed by atoms with Gasteiger partial charge in [-0.2, -0.15) is 0 Å². The number of nitrogens with two attached hydrogens (primary N) is 2. The molecule has 0 aliphatic rings. The maximum Gasteiger partial charge on any atom is 0.299 e. The molecule has 0 radical (unpaired) electrons. The van der Waals surface area contributed by atoms with E-state index in [4.69, 9.17) is 11.1 Å². The fraction of sp³-hybridized carbons (Fsp3) is 0.941. The summed E-state index contributed by atoms with van der Waals surface area (Å²) in [5.74, 6) is 1.08. The number of rotatable bonds is 15. The lowest BCUT2D eigenvalue weighted by molar-refractivity contribution is -0.110. The molecule has 0 saturated heterocycles. The molecular formula is C17H37N2S+. The lowest BCUT2D eigenvalue weighted by Gasteiger charge is -2.03. The fourth-order valence-corrected chi connectivity index (χ4v) is 3.07. The van der Waals surface area contributed by atoms with Crippen molar-refractivity contribution in [3.05, 3.63) is 0 Å². The lowest BCUT2D eigenvalue weighted by Crippen LogP contribution is -2.43. The molecule has 2 nitrogen and oxygen atoms in total. The van der Waals surface area contributed by atoms with Gasteiger partial charge in [0.2, 0.25) is 0 Å². The Morgan fingerprint density at radius 2 is 1.05 bits per heavy atom. The van der Waals surface area contributed by atoms with Crippen LogP contribution in [0.15, 0.2) is 0 Å². The molecule has 0 aromatic heterocycles. The van der Waals surface area contributed by atoms with Gasteiger partial charge in [-0.1, -0.05) is 90.4 Å². The third-order valence-electron chi connectivity index (χ3n) is 3.77. The molecule has 3 heteroatoms. The Labute approximate surface area is 131 Å². The molecule has 0 aromatic rings. The highest BCUT2D eigenvalue weighted by molar-refractivity contribution is 8.13. The van der Waals surface area contributed by atoms with Gasteiger partial charge < -0.3 is 0 Å². The maximum atomic E-state index is 5.40. The molecule has 0 aliphatic heterocycles. The monoisotopic (exact) mass is 301 g/mol. The average Bonchev–Trinajstić information content (AvgIpc) is 2.43. The molecule has 0 atom stereocenters. The summed E-state index contributed by atoms with van der Waals surface area (Å²) in [5.41, 5.74) is 5.40. The standard InChI is InChI=1S/C17H36N2S/c1-2-3-4-5-6-7-8-9-10-11-12-13-14-15-16-20-17(18)19/h2-16H2,1H3,(H3,18,19)/p+1. The van der Waals surface area contributed by atoms with Gasteiger partial charge in [0.25, 0.3) is 5.17 Å². The first-order chi connectivity index (χ1) is 9.77. The van der Waals surface area contributed by atoms with Crippen molar-refractivity contribution >= 4 is 16.9 Å². The molecular weight excluding hydrogens is 264 g/mol. The van der Waals surface area contributed by atoms with E-state index < -0.39 is 0 Å². The van der Waals surface area contributed by atoms with Gasteiger partial charge in [-0.15, -0.1) is 0 Å². The molecule has 0 aromatic carbocycles. The number of thioether (sulfide) groups is 1. The average molecular weight is 302 g/mol. The van der Waals surface area contributed by atoms with E-state index in [1.807, 2.05) is 0 Å². The van der Waals surface area contributed by atoms with Gasteiger partial charge >= 0.3 is 0 Å². The first-order valence-electron chi connectivity index (χ1n) is 8.78. The summed E-state index contributed by atoms with van der Waals surface area (Å²) in [6.45, 7) is 2.28. The van der Waals surface area contributed by atoms with E-state index in [2.05, 4.69) is 6.92 Å². The second kappa shape index (κ2) is 16.9. The van der Waals surface area contributed by atoms with E-state index >= 15 is 0 Å². The molecule has 0 aliphatic carbocycles. The predicted molar refractivity (Wildman–Crippen MR) is 93.9 cm³/mol. The van der Waals surface area contributed by atoms with E-state index in [0.717, 1.165) is 5.75 Å². The summed E-state index contributed by atoms with van der Waals surface area (Å²) in [4.78, 5) is 0. The summed E-state index contributed by atoms with van der Waals surface area (Å²) in [6, 6.07) is 0. The van der Waals surface area contributed by atoms with Gasteiger partial charge in [-0.3, -0.25) is 11.1 Å². The Hall–Kier alpha value is -0.180. The van der Waals surface area contributed by atoms with E-state index in [1.54, 1.807) is 11.8 Å². The lowest BCUT2D eigenvalue weighted by atomic mass is 10.0. The molecule has 0 amide bonds. The van der Waals surface area contributed by atoms with Crippen LogP contribution in [0.25, 0.3) is 0 Å². The zero-order valence-corrected chi connectivity index (χ0v) is 14.5. The Morgan fingerprint density at radius 1 is 0.700 bits per heavy atom. The molecule has 0 spiro atoms. The SMILES string of the molecule is CCCCCCCCCCCCCCCCSC(N)=[NH2+]. The van der Waals surface area contributed by atoms with Crippen molar-refractivity contribution in [3.8, 4) is 0 Å². The smallest absolute Gasteiger partial charge is 0.282 e. The molecule has 20 heavy (non-hydrogen) atoms. The number of hydrogen-bond acceptors (Lipinski definition) is 1. The number of amidine groups is 1. The zero-order chi connectivity index (χ0) is 14.9. The summed E-state index contributed by atoms with van der Waals surface area (Å²) >= 11 is 1.59. The number of hydrogen-bond donors (Lipinski definition) is 2. The Balaban J connectivity index is 2.94. The minimum Gasteiger partial charge on any atom is -0.282 e. The van der Waals surface area contributed by atoms with Gasteiger partial charge in [0.15, 0.2) is 0 Å². The van der Waals surface area contributed by atoms with Crippen LogP contribution < -0.4 is 11.1 Å². The van der Waals surface area contributed by atoms with Gasteiger partial charge in [-0.05, 0) is 18.2 Å². The molecule has 0 saturated carbocycles. The predicted octanol–water partition coefficient (Wildman–Crippen LogP) is 4.27. The van der Waals surface area contributed by atoms with Gasteiger partial charge in [0, 0.05) is 5.75 Å². The Bertz CT molecular complexity index is 207. The topological polar surface area (TPSA) is 51.6 Å². The summed E-state index contributed by atoms with van der Waals surface area (Å²) in [5, 5.41) is 5.92. The van der Waals surface area contributed by atoms with E-state index in [-0.39, 0.29) is 0 Å². The van der Waals surface area contributed by atoms with Crippen LogP contribution in [-0.2, 0) is 0 Å². The second-order valence-corrected chi connectivity index (χ2v) is 7.02. The van der Waals surface area contributed by atoms with E-state index in [1.165, 1.54) is 89.9 Å². The molecule has 0 unspecified atom stereocenters. The molecule has 120 valence electrons. The summed E-state index contributed by atoms with van der Waals surface area (Å²) in [6.07, 6.45) is 19.7. The third kappa shape index (κ3) is 17.8. The highest BCUT2D eigenvalue weighted by Crippen LogP contribution is 2.13. The van der Waals surface area contributed by atoms with E-state index in [9.17, 15) is 0 Å². The molecule has 4 N–H and O–H groups in total. The van der Waals surface area contributed by atoms with E-state index in [0.29, 0.717) is 5.17 Å². The summed E-state index contributed by atoms with van der Waals surface area (Å²) < 4.78 is 0. The maximum absolute atomic E-state index is 5.40. The second-order valence-electron chi connectivity index (χ2n) is 5.85. The molecule has 0 rings (SSSR count). The zero-order valence-electron chi connectivity index (χ0n) is 13.7. The van der Waals surface area contributed by atoms with Crippen molar-refractivity contribution in [2.24, 2.45) is 5.73 Å². The van der Waals surface area contributed by atoms with Crippen LogP contribution in [-0.4, -0.2) is 10.9 Å². The first kappa shape index (κ1) is 19.8. The van der Waals surface area contributed by atoms with Crippen LogP contribution in [0.1, 0.15) is 96.8 Å². The van der Waals surface area contributed by atoms with Crippen molar-refractivity contribution in [2.45, 2.75) is 96.8 Å². The number of unbranched alkanes of at least 4 members (excludes halogenated alkanes) is 13. The van der Waals surface area contributed by atoms with Crippen molar-refractivity contribution in [1.29, 1.82) is 0 Å². The van der Waals surface area contributed by atoms with Gasteiger partial charge in [0.1, 0.15) is 0 Å². The van der Waals surface area contributed by atoms with Crippen LogP contribution in [0.2, 0.25) is 0 Å². The quantitative estimate of drug-likeness (QED) is 0.269. The first-order valence-corrected chi connectivity index (χ1v) is 9.76. The third-order valence-corrected chi connectivity index (χ3v) is 4.59. The van der Waals surface area contributed by atoms with Crippen LogP contribution in [0.4, 0.5) is 0 Å². The molecule has 0 heterocycles. The van der Waals surface area contributed by atoms with Crippen LogP contribution in [0.5, 0.6) is 0 Å². The largest absolute Gasteiger partial charge is 0.299 e.